The number of halogens is 2. The molecule has 1 aromatic heterocycles. The van der Waals surface area contributed by atoms with Crippen LogP contribution in [-0.2, 0) is 14.9 Å². The molecule has 2 heterocycles. The van der Waals surface area contributed by atoms with Crippen LogP contribution in [0.15, 0.2) is 22.6 Å². The van der Waals surface area contributed by atoms with Gasteiger partial charge in [-0.2, -0.15) is 0 Å². The van der Waals surface area contributed by atoms with Gasteiger partial charge in [0.05, 0.1) is 16.4 Å². The van der Waals surface area contributed by atoms with E-state index in [1.165, 1.54) is 12.1 Å². The molecule has 1 atom stereocenters. The Morgan fingerprint density at radius 2 is 2.03 bits per heavy atom. The van der Waals surface area contributed by atoms with Gasteiger partial charge in [-0.3, -0.25) is 4.79 Å². The van der Waals surface area contributed by atoms with E-state index >= 15 is 0 Å². The Balaban J connectivity index is 1.10. The molecule has 188 valence electrons. The highest BCUT2D eigenvalue weighted by atomic mass is 35.5. The van der Waals surface area contributed by atoms with Crippen molar-refractivity contribution in [2.45, 2.75) is 68.9 Å². The van der Waals surface area contributed by atoms with Crippen LogP contribution in [0.1, 0.15) is 64.2 Å². The zero-order valence-corrected chi connectivity index (χ0v) is 20.7. The van der Waals surface area contributed by atoms with Crippen molar-refractivity contribution >= 4 is 23.6 Å². The van der Waals surface area contributed by atoms with Crippen molar-refractivity contribution in [2.75, 3.05) is 19.7 Å². The summed E-state index contributed by atoms with van der Waals surface area (Å²) in [6.07, 6.45) is 2.57. The number of ether oxygens (including phenoxy) is 2. The van der Waals surface area contributed by atoms with Gasteiger partial charge in [0, 0.05) is 24.7 Å². The molecule has 1 N–H and O–H groups in total. The van der Waals surface area contributed by atoms with Crippen LogP contribution in [0, 0.1) is 5.82 Å². The van der Waals surface area contributed by atoms with Crippen LogP contribution in [0.4, 0.5) is 9.18 Å². The topological polar surface area (TPSA) is 107 Å². The number of nitrogens with zero attached hydrogens (tertiary/aromatic N) is 3. The molecule has 2 aromatic rings. The third kappa shape index (κ3) is 4.68. The highest BCUT2D eigenvalue weighted by Gasteiger charge is 2.71. The summed E-state index contributed by atoms with van der Waals surface area (Å²) in [5, 5.41) is 11.6. The van der Waals surface area contributed by atoms with Gasteiger partial charge in [0.15, 0.2) is 6.61 Å². The molecule has 1 saturated heterocycles. The standard InChI is InChI=1S/C24H28ClFN4O5/c1-22(2,3)35-21(32)30-7-6-14(9-30)19-28-29-20(34-19)23-11-24(12-23,13-23)27-18(31)10-33-15-4-5-16(25)17(26)8-15/h4-5,8,14H,6-7,9-13H2,1-3H3,(H,27,31)/t14-,23?,24?/m0/s1. The maximum Gasteiger partial charge on any atom is 0.410 e. The minimum Gasteiger partial charge on any atom is -0.484 e. The van der Waals surface area contributed by atoms with Crippen molar-refractivity contribution in [3.8, 4) is 5.75 Å². The zero-order chi connectivity index (χ0) is 25.0. The molecule has 0 spiro atoms. The number of carbonyl (C=O) groups is 2. The summed E-state index contributed by atoms with van der Waals surface area (Å²) >= 11 is 5.66. The third-order valence-electron chi connectivity index (χ3n) is 6.78. The molecule has 9 nitrogen and oxygen atoms in total. The van der Waals surface area contributed by atoms with Gasteiger partial charge < -0.3 is 24.1 Å². The summed E-state index contributed by atoms with van der Waals surface area (Å²) in [4.78, 5) is 26.3. The molecule has 3 saturated carbocycles. The zero-order valence-electron chi connectivity index (χ0n) is 19.9. The largest absolute Gasteiger partial charge is 0.484 e. The van der Waals surface area contributed by atoms with Crippen LogP contribution in [0.2, 0.25) is 5.02 Å². The van der Waals surface area contributed by atoms with E-state index in [0.717, 1.165) is 31.7 Å². The van der Waals surface area contributed by atoms with Crippen LogP contribution in [0.5, 0.6) is 5.75 Å². The van der Waals surface area contributed by atoms with Crippen LogP contribution >= 0.6 is 11.6 Å². The third-order valence-corrected chi connectivity index (χ3v) is 7.09. The van der Waals surface area contributed by atoms with E-state index in [4.69, 9.17) is 25.5 Å². The molecular formula is C24H28ClFN4O5. The molecule has 11 heteroatoms. The first-order valence-electron chi connectivity index (χ1n) is 11.7. The van der Waals surface area contributed by atoms with Crippen LogP contribution in [0.3, 0.4) is 0 Å². The lowest BCUT2D eigenvalue weighted by Gasteiger charge is -2.68. The Morgan fingerprint density at radius 3 is 2.71 bits per heavy atom. The molecule has 0 radical (unpaired) electrons. The predicted octanol–water partition coefficient (Wildman–Crippen LogP) is 3.96. The summed E-state index contributed by atoms with van der Waals surface area (Å²) < 4.78 is 30.4. The Bertz CT molecular complexity index is 1140. The minimum absolute atomic E-state index is 0.00144. The fourth-order valence-electron chi connectivity index (χ4n) is 5.26. The summed E-state index contributed by atoms with van der Waals surface area (Å²) in [5.74, 6) is 0.490. The van der Waals surface area contributed by atoms with Crippen LogP contribution in [-0.4, -0.2) is 57.9 Å². The first kappa shape index (κ1) is 23.8. The predicted molar refractivity (Wildman–Crippen MR) is 123 cm³/mol. The average Bonchev–Trinajstić information content (AvgIpc) is 3.39. The number of nitrogens with one attached hydrogen (secondary N) is 1. The molecule has 6 rings (SSSR count). The van der Waals surface area contributed by atoms with Gasteiger partial charge in [-0.1, -0.05) is 11.6 Å². The Morgan fingerprint density at radius 1 is 1.29 bits per heavy atom. The van der Waals surface area contributed by atoms with Crippen LogP contribution in [0.25, 0.3) is 0 Å². The molecule has 1 aliphatic heterocycles. The molecule has 2 amide bonds. The molecule has 4 aliphatic rings. The van der Waals surface area contributed by atoms with Gasteiger partial charge in [0.25, 0.3) is 5.91 Å². The number of carbonyl (C=O) groups excluding carboxylic acids is 2. The summed E-state index contributed by atoms with van der Waals surface area (Å²) in [7, 11) is 0. The maximum absolute atomic E-state index is 13.5. The van der Waals surface area contributed by atoms with Gasteiger partial charge in [0.1, 0.15) is 17.2 Å². The van der Waals surface area contributed by atoms with Gasteiger partial charge in [-0.05, 0) is 58.6 Å². The monoisotopic (exact) mass is 506 g/mol. The van der Waals surface area contributed by atoms with E-state index < -0.39 is 11.4 Å². The molecule has 2 bridgehead atoms. The van der Waals surface area contributed by atoms with Gasteiger partial charge in [-0.25, -0.2) is 9.18 Å². The molecule has 3 aliphatic carbocycles. The van der Waals surface area contributed by atoms with E-state index in [1.54, 1.807) is 4.90 Å². The number of rotatable bonds is 6. The Kier molecular flexibility index (Phi) is 5.69. The molecule has 4 fully saturated rings. The number of hydrogen-bond donors (Lipinski definition) is 1. The lowest BCUT2D eigenvalue weighted by atomic mass is 9.39. The summed E-state index contributed by atoms with van der Waals surface area (Å²) in [5.41, 5.74) is -1.04. The number of likely N-dealkylation sites (tertiary alicyclic amines) is 1. The second-order valence-electron chi connectivity index (χ2n) is 10.9. The highest BCUT2D eigenvalue weighted by molar-refractivity contribution is 6.30. The Hall–Kier alpha value is -2.88. The normalized spacial score (nSPS) is 27.1. The van der Waals surface area contributed by atoms with E-state index in [0.29, 0.717) is 24.9 Å². The molecule has 0 unspecified atom stereocenters. The van der Waals surface area contributed by atoms with Crippen molar-refractivity contribution in [3.05, 3.63) is 40.8 Å². The van der Waals surface area contributed by atoms with Crippen molar-refractivity contribution in [3.63, 3.8) is 0 Å². The first-order chi connectivity index (χ1) is 16.5. The fourth-order valence-corrected chi connectivity index (χ4v) is 5.38. The quantitative estimate of drug-likeness (QED) is 0.632. The second-order valence-corrected chi connectivity index (χ2v) is 11.3. The van der Waals surface area contributed by atoms with Gasteiger partial charge >= 0.3 is 6.09 Å². The molecular weight excluding hydrogens is 479 g/mol. The summed E-state index contributed by atoms with van der Waals surface area (Å²) in [6, 6.07) is 4.04. The molecule has 1 aromatic carbocycles. The Labute approximate surface area is 207 Å². The van der Waals surface area contributed by atoms with Crippen LogP contribution < -0.4 is 10.1 Å². The number of amides is 2. The lowest BCUT2D eigenvalue weighted by Crippen LogP contribution is -2.77. The molecule has 35 heavy (non-hydrogen) atoms. The van der Waals surface area contributed by atoms with E-state index in [-0.39, 0.29) is 46.3 Å². The van der Waals surface area contributed by atoms with Crippen molar-refractivity contribution in [1.82, 2.24) is 20.4 Å². The fraction of sp³-hybridized carbons (Fsp3) is 0.583. The SMILES string of the molecule is CC(C)(C)OC(=O)N1CC[C@H](c2nnc(C34CC(NC(=O)COc5ccc(Cl)c(F)c5)(C3)C4)o2)C1. The number of aromatic nitrogens is 2. The lowest BCUT2D eigenvalue weighted by molar-refractivity contribution is -0.143. The van der Waals surface area contributed by atoms with Gasteiger partial charge in [0.2, 0.25) is 11.8 Å². The maximum atomic E-state index is 13.5. The van der Waals surface area contributed by atoms with E-state index in [1.807, 2.05) is 20.8 Å². The van der Waals surface area contributed by atoms with Gasteiger partial charge in [-0.15, -0.1) is 10.2 Å². The average molecular weight is 507 g/mol. The second kappa shape index (κ2) is 8.36. The summed E-state index contributed by atoms with van der Waals surface area (Å²) in [6.45, 7) is 6.39. The van der Waals surface area contributed by atoms with Crippen molar-refractivity contribution in [2.24, 2.45) is 0 Å². The minimum atomic E-state index is -0.597. The smallest absolute Gasteiger partial charge is 0.410 e. The first-order valence-corrected chi connectivity index (χ1v) is 12.0. The van der Waals surface area contributed by atoms with Crippen molar-refractivity contribution in [1.29, 1.82) is 0 Å². The van der Waals surface area contributed by atoms with E-state index in [2.05, 4.69) is 15.5 Å². The number of hydrogen-bond acceptors (Lipinski definition) is 7. The number of benzene rings is 1. The van der Waals surface area contributed by atoms with E-state index in [9.17, 15) is 14.0 Å². The highest BCUT2D eigenvalue weighted by Crippen LogP contribution is 2.67. The van der Waals surface area contributed by atoms with Crippen molar-refractivity contribution < 1.29 is 27.9 Å².